The average molecular weight is 329 g/mol. The van der Waals surface area contributed by atoms with Crippen LogP contribution in [0.5, 0.6) is 0 Å². The zero-order valence-corrected chi connectivity index (χ0v) is 14.5. The molecule has 0 aromatic carbocycles. The van der Waals surface area contributed by atoms with E-state index in [9.17, 15) is 4.79 Å². The minimum atomic E-state index is 0.228. The van der Waals surface area contributed by atoms with Gasteiger partial charge in [0.15, 0.2) is 0 Å². The smallest absolute Gasteiger partial charge is 0.227 e. The molecular weight excluding hydrogens is 302 g/mol. The molecule has 1 aromatic heterocycles. The van der Waals surface area contributed by atoms with Crippen LogP contribution in [0.15, 0.2) is 12.3 Å². The van der Waals surface area contributed by atoms with Crippen molar-refractivity contribution < 1.29 is 4.79 Å². The summed E-state index contributed by atoms with van der Waals surface area (Å²) in [4.78, 5) is 25.9. The number of carbonyl (C=O) groups is 1. The Labute approximate surface area is 143 Å². The first-order chi connectivity index (χ1) is 11.7. The fourth-order valence-corrected chi connectivity index (χ4v) is 4.26. The number of nitrogens with zero attached hydrogens (tertiary/aromatic N) is 4. The Hall–Kier alpha value is -1.85. The zero-order valence-electron chi connectivity index (χ0n) is 14.5. The maximum atomic E-state index is 12.2. The minimum absolute atomic E-state index is 0.228. The van der Waals surface area contributed by atoms with Gasteiger partial charge in [-0.3, -0.25) is 4.79 Å². The summed E-state index contributed by atoms with van der Waals surface area (Å²) < 4.78 is 0. The lowest BCUT2D eigenvalue weighted by Gasteiger charge is -2.48. The van der Waals surface area contributed by atoms with Crippen LogP contribution in [0.4, 0.5) is 11.8 Å². The Morgan fingerprint density at radius 1 is 1.33 bits per heavy atom. The third-order valence-electron chi connectivity index (χ3n) is 5.63. The van der Waals surface area contributed by atoms with Crippen molar-refractivity contribution in [1.82, 2.24) is 14.9 Å². The fourth-order valence-electron chi connectivity index (χ4n) is 4.26. The van der Waals surface area contributed by atoms with Crippen molar-refractivity contribution in [2.75, 3.05) is 36.4 Å². The molecule has 1 aliphatic carbocycles. The maximum Gasteiger partial charge on any atom is 0.227 e. The number of amides is 1. The summed E-state index contributed by atoms with van der Waals surface area (Å²) in [5.41, 5.74) is 0.228. The number of nitrogens with one attached hydrogen (secondary N) is 1. The second kappa shape index (κ2) is 6.22. The molecule has 0 bridgehead atoms. The summed E-state index contributed by atoms with van der Waals surface area (Å²) in [5, 5.41) is 3.26. The van der Waals surface area contributed by atoms with Crippen LogP contribution in [-0.4, -0.2) is 53.0 Å². The highest BCUT2D eigenvalue weighted by Gasteiger charge is 2.45. The fraction of sp³-hybridized carbons (Fsp3) is 0.722. The third-order valence-corrected chi connectivity index (χ3v) is 5.63. The molecule has 1 N–H and O–H groups in total. The van der Waals surface area contributed by atoms with Gasteiger partial charge < -0.3 is 15.1 Å². The molecule has 1 saturated carbocycles. The van der Waals surface area contributed by atoms with E-state index < -0.39 is 0 Å². The highest BCUT2D eigenvalue weighted by Crippen LogP contribution is 2.42. The standard InChI is InChI=1S/C18H27N5O/c1-2-19-15-7-10-20-17(21-15)22-11-3-8-18(12-22)9-6-16(24)23(13-18)14-4-5-14/h7,10,14H,2-6,8-9,11-13H2,1H3,(H,19,20,21). The number of anilines is 2. The summed E-state index contributed by atoms with van der Waals surface area (Å²) in [5.74, 6) is 2.08. The molecule has 24 heavy (non-hydrogen) atoms. The monoisotopic (exact) mass is 329 g/mol. The molecule has 1 amide bonds. The largest absolute Gasteiger partial charge is 0.370 e. The predicted octanol–water partition coefficient (Wildman–Crippen LogP) is 2.28. The van der Waals surface area contributed by atoms with E-state index in [-0.39, 0.29) is 5.41 Å². The van der Waals surface area contributed by atoms with Crippen molar-refractivity contribution in [3.63, 3.8) is 0 Å². The number of likely N-dealkylation sites (tertiary alicyclic amines) is 1. The molecule has 4 rings (SSSR count). The van der Waals surface area contributed by atoms with Gasteiger partial charge in [0.2, 0.25) is 11.9 Å². The lowest BCUT2D eigenvalue weighted by molar-refractivity contribution is -0.138. The first-order valence-corrected chi connectivity index (χ1v) is 9.30. The van der Waals surface area contributed by atoms with Gasteiger partial charge in [-0.2, -0.15) is 4.98 Å². The van der Waals surface area contributed by atoms with E-state index in [1.54, 1.807) is 0 Å². The van der Waals surface area contributed by atoms with E-state index in [4.69, 9.17) is 0 Å². The van der Waals surface area contributed by atoms with Crippen LogP contribution in [0.1, 0.15) is 45.4 Å². The third kappa shape index (κ3) is 3.06. The quantitative estimate of drug-likeness (QED) is 0.918. The molecule has 2 aliphatic heterocycles. The molecule has 2 saturated heterocycles. The summed E-state index contributed by atoms with van der Waals surface area (Å²) in [6.45, 7) is 5.84. The molecule has 6 nitrogen and oxygen atoms in total. The van der Waals surface area contributed by atoms with Crippen molar-refractivity contribution in [1.29, 1.82) is 0 Å². The first-order valence-electron chi connectivity index (χ1n) is 9.30. The maximum absolute atomic E-state index is 12.2. The Balaban J connectivity index is 1.51. The summed E-state index contributed by atoms with van der Waals surface area (Å²) in [6.07, 6.45) is 8.32. The number of hydrogen-bond acceptors (Lipinski definition) is 5. The van der Waals surface area contributed by atoms with Gasteiger partial charge in [-0.05, 0) is 45.1 Å². The van der Waals surface area contributed by atoms with Crippen LogP contribution < -0.4 is 10.2 Å². The van der Waals surface area contributed by atoms with Crippen molar-refractivity contribution in [3.05, 3.63) is 12.3 Å². The van der Waals surface area contributed by atoms with Gasteiger partial charge in [0.1, 0.15) is 5.82 Å². The molecule has 6 heteroatoms. The molecule has 130 valence electrons. The minimum Gasteiger partial charge on any atom is -0.370 e. The van der Waals surface area contributed by atoms with E-state index >= 15 is 0 Å². The Morgan fingerprint density at radius 3 is 3.00 bits per heavy atom. The van der Waals surface area contributed by atoms with Gasteiger partial charge in [0, 0.05) is 50.3 Å². The molecule has 3 fully saturated rings. The molecule has 1 unspecified atom stereocenters. The van der Waals surface area contributed by atoms with Crippen molar-refractivity contribution in [2.24, 2.45) is 5.41 Å². The predicted molar refractivity (Wildman–Crippen MR) is 94.0 cm³/mol. The first kappa shape index (κ1) is 15.7. The molecular formula is C18H27N5O. The molecule has 3 heterocycles. The van der Waals surface area contributed by atoms with Gasteiger partial charge >= 0.3 is 0 Å². The highest BCUT2D eigenvalue weighted by molar-refractivity contribution is 5.78. The molecule has 1 atom stereocenters. The summed E-state index contributed by atoms with van der Waals surface area (Å²) >= 11 is 0. The van der Waals surface area contributed by atoms with Gasteiger partial charge in [-0.25, -0.2) is 4.98 Å². The van der Waals surface area contributed by atoms with Crippen LogP contribution in [0, 0.1) is 5.41 Å². The van der Waals surface area contributed by atoms with Crippen molar-refractivity contribution >= 4 is 17.7 Å². The lowest BCUT2D eigenvalue weighted by atomic mass is 9.73. The van der Waals surface area contributed by atoms with Crippen molar-refractivity contribution in [3.8, 4) is 0 Å². The van der Waals surface area contributed by atoms with Gasteiger partial charge in [-0.15, -0.1) is 0 Å². The van der Waals surface area contributed by atoms with Crippen LogP contribution in [0.3, 0.4) is 0 Å². The van der Waals surface area contributed by atoms with Gasteiger partial charge in [0.05, 0.1) is 0 Å². The van der Waals surface area contributed by atoms with Crippen LogP contribution >= 0.6 is 0 Å². The van der Waals surface area contributed by atoms with Crippen LogP contribution in [0.25, 0.3) is 0 Å². The van der Waals surface area contributed by atoms with Gasteiger partial charge in [-0.1, -0.05) is 0 Å². The van der Waals surface area contributed by atoms with E-state index in [0.717, 1.165) is 50.8 Å². The summed E-state index contributed by atoms with van der Waals surface area (Å²) in [6, 6.07) is 2.44. The molecule has 3 aliphatic rings. The number of aromatic nitrogens is 2. The van der Waals surface area contributed by atoms with Crippen molar-refractivity contribution in [2.45, 2.75) is 51.5 Å². The van der Waals surface area contributed by atoms with E-state index in [0.29, 0.717) is 18.4 Å². The second-order valence-corrected chi connectivity index (χ2v) is 7.55. The Kier molecular flexibility index (Phi) is 4.06. The lowest BCUT2D eigenvalue weighted by Crippen LogP contribution is -2.54. The average Bonchev–Trinajstić information content (AvgIpc) is 3.43. The number of piperidine rings is 2. The normalized spacial score (nSPS) is 27.6. The second-order valence-electron chi connectivity index (χ2n) is 7.55. The van der Waals surface area contributed by atoms with E-state index in [1.807, 2.05) is 12.3 Å². The molecule has 1 aromatic rings. The number of hydrogen-bond donors (Lipinski definition) is 1. The summed E-state index contributed by atoms with van der Waals surface area (Å²) in [7, 11) is 0. The number of carbonyl (C=O) groups excluding carboxylic acids is 1. The SMILES string of the molecule is CCNc1ccnc(N2CCCC3(CCC(=O)N(C4CC4)C3)C2)n1. The highest BCUT2D eigenvalue weighted by atomic mass is 16.2. The van der Waals surface area contributed by atoms with E-state index in [2.05, 4.69) is 32.0 Å². The Morgan fingerprint density at radius 2 is 2.21 bits per heavy atom. The van der Waals surface area contributed by atoms with Crippen LogP contribution in [-0.2, 0) is 4.79 Å². The van der Waals surface area contributed by atoms with E-state index in [1.165, 1.54) is 19.3 Å². The molecule has 0 radical (unpaired) electrons. The molecule has 1 spiro atoms. The Bertz CT molecular complexity index is 617. The zero-order chi connectivity index (χ0) is 16.6. The number of rotatable bonds is 4. The topological polar surface area (TPSA) is 61.4 Å². The van der Waals surface area contributed by atoms with Gasteiger partial charge in [0.25, 0.3) is 0 Å². The van der Waals surface area contributed by atoms with Crippen LogP contribution in [0.2, 0.25) is 0 Å².